The van der Waals surface area contributed by atoms with Crippen LogP contribution in [0.2, 0.25) is 0 Å². The average molecular weight is 286 g/mol. The van der Waals surface area contributed by atoms with Gasteiger partial charge in [0, 0.05) is 11.3 Å². The lowest BCUT2D eigenvalue weighted by atomic mass is 9.95. The molecule has 0 bridgehead atoms. The summed E-state index contributed by atoms with van der Waals surface area (Å²) in [7, 11) is 0. The number of nitrogens with one attached hydrogen (secondary N) is 2. The number of rotatable bonds is 7. The number of thioether (sulfide) groups is 1. The number of H-pyrrole nitrogens is 1. The molecule has 0 saturated carbocycles. The summed E-state index contributed by atoms with van der Waals surface area (Å²) >= 11 is 1.48. The van der Waals surface area contributed by atoms with E-state index in [0.717, 1.165) is 5.82 Å². The van der Waals surface area contributed by atoms with E-state index in [4.69, 9.17) is 0 Å². The summed E-state index contributed by atoms with van der Waals surface area (Å²) in [5.41, 5.74) is -0.939. The topological polar surface area (TPSA) is 90.9 Å². The molecule has 0 fully saturated rings. The Hall–Kier alpha value is -1.08. The van der Waals surface area contributed by atoms with Gasteiger partial charge in [-0.05, 0) is 34.1 Å². The summed E-state index contributed by atoms with van der Waals surface area (Å²) in [6, 6.07) is 0.115. The molecule has 0 aliphatic heterocycles. The van der Waals surface area contributed by atoms with Crippen LogP contribution in [0.5, 0.6) is 0 Å². The summed E-state index contributed by atoms with van der Waals surface area (Å²) < 4.78 is 0. The maximum Gasteiger partial charge on any atom is 0.323 e. The lowest BCUT2D eigenvalue weighted by Crippen LogP contribution is -2.53. The SMILES string of the molecule is Cc1nc(SC(C)CC(C)(NC(C)C)C(=O)O)n[nH]1. The molecule has 2 unspecified atom stereocenters. The van der Waals surface area contributed by atoms with E-state index in [1.807, 2.05) is 27.7 Å². The van der Waals surface area contributed by atoms with Crippen molar-refractivity contribution in [3.8, 4) is 0 Å². The summed E-state index contributed by atoms with van der Waals surface area (Å²) in [5, 5.41) is 20.1. The number of carboxylic acids is 1. The zero-order valence-electron chi connectivity index (χ0n) is 12.0. The van der Waals surface area contributed by atoms with Crippen molar-refractivity contribution in [1.29, 1.82) is 0 Å². The van der Waals surface area contributed by atoms with Crippen molar-refractivity contribution in [2.45, 2.75) is 63.0 Å². The second-order valence-corrected chi connectivity index (χ2v) is 6.68. The molecule has 0 spiro atoms. The first-order chi connectivity index (χ1) is 8.73. The Morgan fingerprint density at radius 1 is 1.53 bits per heavy atom. The van der Waals surface area contributed by atoms with Gasteiger partial charge in [0.2, 0.25) is 5.16 Å². The van der Waals surface area contributed by atoms with E-state index >= 15 is 0 Å². The van der Waals surface area contributed by atoms with Crippen molar-refractivity contribution >= 4 is 17.7 Å². The highest BCUT2D eigenvalue weighted by Gasteiger charge is 2.35. The van der Waals surface area contributed by atoms with E-state index in [2.05, 4.69) is 20.5 Å². The Bertz CT molecular complexity index is 435. The Morgan fingerprint density at radius 3 is 2.58 bits per heavy atom. The van der Waals surface area contributed by atoms with Gasteiger partial charge in [-0.2, -0.15) is 0 Å². The van der Waals surface area contributed by atoms with Gasteiger partial charge in [0.25, 0.3) is 0 Å². The van der Waals surface area contributed by atoms with Crippen molar-refractivity contribution in [1.82, 2.24) is 20.5 Å². The number of aromatic amines is 1. The zero-order valence-corrected chi connectivity index (χ0v) is 12.8. The molecule has 0 amide bonds. The lowest BCUT2D eigenvalue weighted by Gasteiger charge is -2.30. The van der Waals surface area contributed by atoms with Crippen molar-refractivity contribution in [3.05, 3.63) is 5.82 Å². The van der Waals surface area contributed by atoms with E-state index in [0.29, 0.717) is 11.6 Å². The first-order valence-corrected chi connectivity index (χ1v) is 7.17. The fourth-order valence-corrected chi connectivity index (χ4v) is 3.08. The van der Waals surface area contributed by atoms with Gasteiger partial charge in [-0.25, -0.2) is 4.98 Å². The highest BCUT2D eigenvalue weighted by atomic mass is 32.2. The molecule has 7 heteroatoms. The second kappa shape index (κ2) is 6.38. The van der Waals surface area contributed by atoms with Crippen LogP contribution in [0.15, 0.2) is 5.16 Å². The van der Waals surface area contributed by atoms with Crippen LogP contribution >= 0.6 is 11.8 Å². The van der Waals surface area contributed by atoms with Crippen molar-refractivity contribution < 1.29 is 9.90 Å². The largest absolute Gasteiger partial charge is 0.480 e. The first-order valence-electron chi connectivity index (χ1n) is 6.29. The smallest absolute Gasteiger partial charge is 0.323 e. The van der Waals surface area contributed by atoms with Crippen LogP contribution in [-0.4, -0.2) is 43.1 Å². The van der Waals surface area contributed by atoms with Gasteiger partial charge in [-0.3, -0.25) is 15.2 Å². The average Bonchev–Trinajstić information content (AvgIpc) is 2.61. The zero-order chi connectivity index (χ0) is 14.6. The van der Waals surface area contributed by atoms with Crippen molar-refractivity contribution in [2.24, 2.45) is 0 Å². The van der Waals surface area contributed by atoms with Gasteiger partial charge in [-0.15, -0.1) is 5.10 Å². The van der Waals surface area contributed by atoms with Crippen LogP contribution in [0.1, 0.15) is 39.9 Å². The maximum absolute atomic E-state index is 11.4. The minimum Gasteiger partial charge on any atom is -0.480 e. The summed E-state index contributed by atoms with van der Waals surface area (Å²) in [5.74, 6) is -0.0733. The van der Waals surface area contributed by atoms with E-state index in [-0.39, 0.29) is 11.3 Å². The van der Waals surface area contributed by atoms with E-state index in [9.17, 15) is 9.90 Å². The molecule has 0 aliphatic rings. The van der Waals surface area contributed by atoms with Crippen molar-refractivity contribution in [2.75, 3.05) is 0 Å². The lowest BCUT2D eigenvalue weighted by molar-refractivity contribution is -0.144. The van der Waals surface area contributed by atoms with Gasteiger partial charge in [-0.1, -0.05) is 18.7 Å². The number of aliphatic carboxylic acids is 1. The number of hydrogen-bond donors (Lipinski definition) is 3. The number of hydrogen-bond acceptors (Lipinski definition) is 5. The Morgan fingerprint density at radius 2 is 2.16 bits per heavy atom. The number of carboxylic acid groups (broad SMARTS) is 1. The number of carbonyl (C=O) groups is 1. The van der Waals surface area contributed by atoms with Crippen LogP contribution < -0.4 is 5.32 Å². The van der Waals surface area contributed by atoms with Crippen LogP contribution in [-0.2, 0) is 4.79 Å². The minimum atomic E-state index is -0.939. The summed E-state index contributed by atoms with van der Waals surface area (Å²) in [6.45, 7) is 9.42. The summed E-state index contributed by atoms with van der Waals surface area (Å²) in [6.07, 6.45) is 0.499. The van der Waals surface area contributed by atoms with Crippen LogP contribution in [0.4, 0.5) is 0 Å². The molecule has 1 aromatic heterocycles. The molecular weight excluding hydrogens is 264 g/mol. The van der Waals surface area contributed by atoms with Crippen molar-refractivity contribution in [3.63, 3.8) is 0 Å². The molecule has 6 nitrogen and oxygen atoms in total. The Kier molecular flexibility index (Phi) is 5.37. The number of aryl methyl sites for hydroxylation is 1. The predicted molar refractivity (Wildman–Crippen MR) is 75.4 cm³/mol. The molecule has 0 saturated heterocycles. The molecule has 0 radical (unpaired) electrons. The predicted octanol–water partition coefficient (Wildman–Crippen LogP) is 1.83. The Labute approximate surface area is 117 Å². The monoisotopic (exact) mass is 286 g/mol. The third-order valence-corrected chi connectivity index (χ3v) is 3.62. The molecular formula is C12H22N4O2S. The van der Waals surface area contributed by atoms with Gasteiger partial charge in [0.1, 0.15) is 11.4 Å². The molecule has 2 atom stereocenters. The molecule has 108 valence electrons. The highest BCUT2D eigenvalue weighted by Crippen LogP contribution is 2.26. The standard InChI is InChI=1S/C12H22N4O2S/c1-7(2)14-12(5,10(17)18)6-8(3)19-11-13-9(4)15-16-11/h7-8,14H,6H2,1-5H3,(H,17,18)(H,13,15,16). The fourth-order valence-electron chi connectivity index (χ4n) is 2.02. The quantitative estimate of drug-likeness (QED) is 0.662. The minimum absolute atomic E-state index is 0.0996. The van der Waals surface area contributed by atoms with E-state index in [1.165, 1.54) is 11.8 Å². The maximum atomic E-state index is 11.4. The molecule has 0 aromatic carbocycles. The highest BCUT2D eigenvalue weighted by molar-refractivity contribution is 7.99. The van der Waals surface area contributed by atoms with Gasteiger partial charge in [0.05, 0.1) is 0 Å². The number of nitrogens with zero attached hydrogens (tertiary/aromatic N) is 2. The third-order valence-electron chi connectivity index (χ3n) is 2.66. The molecule has 1 aromatic rings. The molecule has 1 rings (SSSR count). The Balaban J connectivity index is 2.66. The van der Waals surface area contributed by atoms with E-state index < -0.39 is 11.5 Å². The normalized spacial score (nSPS) is 16.3. The van der Waals surface area contributed by atoms with E-state index in [1.54, 1.807) is 6.92 Å². The van der Waals surface area contributed by atoms with Gasteiger partial charge < -0.3 is 5.11 Å². The third kappa shape index (κ3) is 4.83. The fraction of sp³-hybridized carbons (Fsp3) is 0.750. The van der Waals surface area contributed by atoms with Gasteiger partial charge >= 0.3 is 5.97 Å². The first kappa shape index (κ1) is 16.0. The van der Waals surface area contributed by atoms with Crippen LogP contribution in [0.25, 0.3) is 0 Å². The van der Waals surface area contributed by atoms with Gasteiger partial charge in [0.15, 0.2) is 0 Å². The molecule has 19 heavy (non-hydrogen) atoms. The molecule has 1 heterocycles. The molecule has 0 aliphatic carbocycles. The van der Waals surface area contributed by atoms with Crippen LogP contribution in [0, 0.1) is 6.92 Å². The van der Waals surface area contributed by atoms with Crippen LogP contribution in [0.3, 0.4) is 0 Å². The summed E-state index contributed by atoms with van der Waals surface area (Å²) in [4.78, 5) is 15.7. The number of aromatic nitrogens is 3. The molecule has 3 N–H and O–H groups in total. The second-order valence-electron chi connectivity index (χ2n) is 5.27.